The van der Waals surface area contributed by atoms with E-state index in [0.29, 0.717) is 21.7 Å². The van der Waals surface area contributed by atoms with Gasteiger partial charge >= 0.3 is 0 Å². The predicted molar refractivity (Wildman–Crippen MR) is 73.6 cm³/mol. The number of halogens is 1. The van der Waals surface area contributed by atoms with Gasteiger partial charge in [0.15, 0.2) is 5.17 Å². The summed E-state index contributed by atoms with van der Waals surface area (Å²) >= 11 is 7.20. The minimum Gasteiger partial charge on any atom is -0.496 e. The molecule has 5 nitrogen and oxygen atoms in total. The maximum atomic E-state index is 10.9. The highest BCUT2D eigenvalue weighted by atomic mass is 35.5. The summed E-state index contributed by atoms with van der Waals surface area (Å²) in [5.74, 6) is 0.982. The van der Waals surface area contributed by atoms with Gasteiger partial charge < -0.3 is 10.1 Å². The van der Waals surface area contributed by atoms with Crippen LogP contribution in [-0.2, 0) is 4.79 Å². The van der Waals surface area contributed by atoms with E-state index in [1.54, 1.807) is 25.3 Å². The first-order valence-corrected chi connectivity index (χ1v) is 6.42. The molecule has 1 aromatic carbocycles. The lowest BCUT2D eigenvalue weighted by Gasteiger charge is -2.03. The van der Waals surface area contributed by atoms with Crippen molar-refractivity contribution in [1.29, 1.82) is 0 Å². The third-order valence-corrected chi connectivity index (χ3v) is 3.22. The molecule has 0 spiro atoms. The molecule has 0 bridgehead atoms. The van der Waals surface area contributed by atoms with Crippen LogP contribution in [0.25, 0.3) is 0 Å². The Morgan fingerprint density at radius 2 is 2.39 bits per heavy atom. The Balaban J connectivity index is 2.13. The molecule has 1 heterocycles. The third-order valence-electron chi connectivity index (χ3n) is 2.12. The molecule has 1 amide bonds. The number of methoxy groups -OCH3 is 1. The van der Waals surface area contributed by atoms with Crippen LogP contribution in [-0.4, -0.2) is 30.2 Å². The zero-order valence-electron chi connectivity index (χ0n) is 9.51. The Morgan fingerprint density at radius 1 is 1.56 bits per heavy atom. The second-order valence-electron chi connectivity index (χ2n) is 3.37. The van der Waals surface area contributed by atoms with E-state index in [-0.39, 0.29) is 5.91 Å². The van der Waals surface area contributed by atoms with Crippen LogP contribution in [0.1, 0.15) is 5.56 Å². The number of carbonyl (C=O) groups is 1. The largest absolute Gasteiger partial charge is 0.496 e. The van der Waals surface area contributed by atoms with Crippen molar-refractivity contribution in [1.82, 2.24) is 5.32 Å². The van der Waals surface area contributed by atoms with Crippen LogP contribution in [0.3, 0.4) is 0 Å². The molecule has 0 saturated carbocycles. The predicted octanol–water partition coefficient (Wildman–Crippen LogP) is 1.90. The molecule has 1 aromatic rings. The van der Waals surface area contributed by atoms with Crippen molar-refractivity contribution in [2.24, 2.45) is 10.2 Å². The monoisotopic (exact) mass is 283 g/mol. The topological polar surface area (TPSA) is 63.1 Å². The van der Waals surface area contributed by atoms with Gasteiger partial charge in [0.25, 0.3) is 0 Å². The molecule has 1 aliphatic heterocycles. The molecule has 0 radical (unpaired) electrons. The maximum absolute atomic E-state index is 10.9. The SMILES string of the molecule is COc1ccc(Cl)cc1C=NN=C1NC(=O)CS1. The lowest BCUT2D eigenvalue weighted by molar-refractivity contribution is -0.116. The van der Waals surface area contributed by atoms with Gasteiger partial charge in [-0.15, -0.1) is 5.10 Å². The number of thioether (sulfide) groups is 1. The first-order chi connectivity index (χ1) is 8.69. The summed E-state index contributed by atoms with van der Waals surface area (Å²) in [5, 5.41) is 11.5. The summed E-state index contributed by atoms with van der Waals surface area (Å²) in [6.07, 6.45) is 1.53. The van der Waals surface area contributed by atoms with Gasteiger partial charge in [0, 0.05) is 10.6 Å². The van der Waals surface area contributed by atoms with Gasteiger partial charge in [0.2, 0.25) is 5.91 Å². The van der Waals surface area contributed by atoms with Gasteiger partial charge in [0.05, 0.1) is 19.1 Å². The average Bonchev–Trinajstić information content (AvgIpc) is 2.75. The molecule has 2 rings (SSSR count). The molecule has 18 heavy (non-hydrogen) atoms. The van der Waals surface area contributed by atoms with Gasteiger partial charge in [-0.1, -0.05) is 23.4 Å². The molecule has 1 aliphatic rings. The Labute approximate surface area is 113 Å². The fourth-order valence-corrected chi connectivity index (χ4v) is 2.14. The van der Waals surface area contributed by atoms with Gasteiger partial charge in [-0.2, -0.15) is 5.10 Å². The number of hydrogen-bond acceptors (Lipinski definition) is 5. The molecule has 94 valence electrons. The fourth-order valence-electron chi connectivity index (χ4n) is 1.33. The lowest BCUT2D eigenvalue weighted by Crippen LogP contribution is -2.19. The Kier molecular flexibility index (Phi) is 4.22. The van der Waals surface area contributed by atoms with Crippen molar-refractivity contribution in [3.63, 3.8) is 0 Å². The summed E-state index contributed by atoms with van der Waals surface area (Å²) < 4.78 is 5.17. The number of benzene rings is 1. The lowest BCUT2D eigenvalue weighted by atomic mass is 10.2. The normalized spacial score (nSPS) is 17.4. The average molecular weight is 284 g/mol. The molecule has 0 aromatic heterocycles. The minimum atomic E-state index is -0.0608. The number of ether oxygens (including phenoxy) is 1. The van der Waals surface area contributed by atoms with Crippen LogP contribution < -0.4 is 10.1 Å². The van der Waals surface area contributed by atoms with Crippen LogP contribution in [0.15, 0.2) is 28.4 Å². The molecular weight excluding hydrogens is 274 g/mol. The second-order valence-corrected chi connectivity index (χ2v) is 4.77. The van der Waals surface area contributed by atoms with Crippen LogP contribution in [0.2, 0.25) is 5.02 Å². The Morgan fingerprint density at radius 3 is 3.06 bits per heavy atom. The minimum absolute atomic E-state index is 0.0608. The first-order valence-electron chi connectivity index (χ1n) is 5.06. The van der Waals surface area contributed by atoms with E-state index >= 15 is 0 Å². The highest BCUT2D eigenvalue weighted by molar-refractivity contribution is 8.15. The highest BCUT2D eigenvalue weighted by Gasteiger charge is 2.15. The Bertz CT molecular complexity index is 531. The van der Waals surface area contributed by atoms with E-state index in [1.807, 2.05) is 0 Å². The number of rotatable bonds is 3. The van der Waals surface area contributed by atoms with E-state index < -0.39 is 0 Å². The van der Waals surface area contributed by atoms with E-state index in [1.165, 1.54) is 18.0 Å². The van der Waals surface area contributed by atoms with E-state index in [2.05, 4.69) is 15.5 Å². The number of nitrogens with zero attached hydrogens (tertiary/aromatic N) is 2. The maximum Gasteiger partial charge on any atom is 0.236 e. The van der Waals surface area contributed by atoms with Crippen molar-refractivity contribution in [2.75, 3.05) is 12.9 Å². The second kappa shape index (κ2) is 5.88. The number of hydrogen-bond donors (Lipinski definition) is 1. The zero-order valence-corrected chi connectivity index (χ0v) is 11.1. The quantitative estimate of drug-likeness (QED) is 0.681. The van der Waals surface area contributed by atoms with Crippen LogP contribution in [0.5, 0.6) is 5.75 Å². The zero-order chi connectivity index (χ0) is 13.0. The van der Waals surface area contributed by atoms with Crippen molar-refractivity contribution in [3.8, 4) is 5.75 Å². The summed E-state index contributed by atoms with van der Waals surface area (Å²) in [6.45, 7) is 0. The van der Waals surface area contributed by atoms with Crippen LogP contribution in [0, 0.1) is 0 Å². The number of nitrogens with one attached hydrogen (secondary N) is 1. The molecule has 0 atom stereocenters. The first kappa shape index (κ1) is 12.9. The number of amides is 1. The van der Waals surface area contributed by atoms with Crippen LogP contribution >= 0.6 is 23.4 Å². The summed E-state index contributed by atoms with van der Waals surface area (Å²) in [5.41, 5.74) is 0.726. The van der Waals surface area contributed by atoms with E-state index in [9.17, 15) is 4.79 Å². The van der Waals surface area contributed by atoms with Crippen molar-refractivity contribution < 1.29 is 9.53 Å². The van der Waals surface area contributed by atoms with Gasteiger partial charge in [-0.3, -0.25) is 4.79 Å². The fraction of sp³-hybridized carbons (Fsp3) is 0.182. The van der Waals surface area contributed by atoms with E-state index in [0.717, 1.165) is 5.56 Å². The van der Waals surface area contributed by atoms with Gasteiger partial charge in [0.1, 0.15) is 5.75 Å². The van der Waals surface area contributed by atoms with Crippen molar-refractivity contribution in [3.05, 3.63) is 28.8 Å². The molecule has 1 fully saturated rings. The van der Waals surface area contributed by atoms with Crippen molar-refractivity contribution in [2.45, 2.75) is 0 Å². The molecule has 1 saturated heterocycles. The standard InChI is InChI=1S/C11H10ClN3O2S/c1-17-9-3-2-8(12)4-7(9)5-13-15-11-14-10(16)6-18-11/h2-5H,6H2,1H3,(H,14,15,16). The molecule has 1 N–H and O–H groups in total. The smallest absolute Gasteiger partial charge is 0.236 e. The number of amidine groups is 1. The van der Waals surface area contributed by atoms with E-state index in [4.69, 9.17) is 16.3 Å². The molecule has 7 heteroatoms. The highest BCUT2D eigenvalue weighted by Crippen LogP contribution is 2.21. The van der Waals surface area contributed by atoms with Crippen molar-refractivity contribution >= 4 is 40.7 Å². The molecule has 0 aliphatic carbocycles. The summed E-state index contributed by atoms with van der Waals surface area (Å²) in [7, 11) is 1.57. The van der Waals surface area contributed by atoms with Gasteiger partial charge in [-0.05, 0) is 18.2 Å². The van der Waals surface area contributed by atoms with Gasteiger partial charge in [-0.25, -0.2) is 0 Å². The summed E-state index contributed by atoms with van der Waals surface area (Å²) in [6, 6.07) is 5.21. The summed E-state index contributed by atoms with van der Waals surface area (Å²) in [4.78, 5) is 10.9. The Hall–Kier alpha value is -1.53. The van der Waals surface area contributed by atoms with Crippen LogP contribution in [0.4, 0.5) is 0 Å². The molecule has 0 unspecified atom stereocenters. The third kappa shape index (κ3) is 3.24. The number of carbonyl (C=O) groups excluding carboxylic acids is 1. The molecular formula is C11H10ClN3O2S.